The van der Waals surface area contributed by atoms with Gasteiger partial charge in [-0.2, -0.15) is 0 Å². The van der Waals surface area contributed by atoms with Crippen LogP contribution in [0.3, 0.4) is 0 Å². The molecule has 0 aliphatic rings. The molecule has 0 atom stereocenters. The van der Waals surface area contributed by atoms with Gasteiger partial charge in [-0.3, -0.25) is 10.1 Å². The smallest absolute Gasteiger partial charge is 0.258 e. The molecule has 1 heterocycles. The summed E-state index contributed by atoms with van der Waals surface area (Å²) in [6.45, 7) is 0. The van der Waals surface area contributed by atoms with Gasteiger partial charge in [0.2, 0.25) is 0 Å². The Bertz CT molecular complexity index is 1430. The van der Waals surface area contributed by atoms with Crippen LogP contribution in [0.2, 0.25) is 0 Å². The van der Waals surface area contributed by atoms with Gasteiger partial charge in [-0.05, 0) is 86.3 Å². The maximum absolute atomic E-state index is 11.1. The lowest BCUT2D eigenvalue weighted by Gasteiger charge is -2.11. The van der Waals surface area contributed by atoms with E-state index in [9.17, 15) is 10.1 Å². The van der Waals surface area contributed by atoms with E-state index in [2.05, 4.69) is 81.6 Å². The van der Waals surface area contributed by atoms with E-state index in [1.807, 2.05) is 0 Å². The van der Waals surface area contributed by atoms with Crippen molar-refractivity contribution in [1.82, 2.24) is 9.97 Å². The minimum atomic E-state index is -0.408. The zero-order valence-corrected chi connectivity index (χ0v) is 17.9. The van der Waals surface area contributed by atoms with Gasteiger partial charge in [0, 0.05) is 30.0 Å². The molecule has 27 heavy (non-hydrogen) atoms. The van der Waals surface area contributed by atoms with Crippen LogP contribution in [0.5, 0.6) is 0 Å². The third-order valence-electron chi connectivity index (χ3n) is 4.62. The van der Waals surface area contributed by atoms with Crippen molar-refractivity contribution in [2.75, 3.05) is 0 Å². The van der Waals surface area contributed by atoms with Gasteiger partial charge in [-0.15, -0.1) is 0 Å². The molecule has 5 nitrogen and oxygen atoms in total. The molecule has 0 aliphatic carbocycles. The van der Waals surface area contributed by atoms with Crippen LogP contribution in [0, 0.1) is 17.3 Å². The number of rotatable bonds is 1. The normalized spacial score (nSPS) is 11.6. The van der Waals surface area contributed by atoms with Gasteiger partial charge in [-0.25, -0.2) is 9.97 Å². The summed E-state index contributed by atoms with van der Waals surface area (Å²) in [5, 5.41) is 15.4. The second-order valence-electron chi connectivity index (χ2n) is 6.23. The van der Waals surface area contributed by atoms with Crippen molar-refractivity contribution in [1.29, 1.82) is 0 Å². The Kier molecular flexibility index (Phi) is 3.90. The Morgan fingerprint density at radius 1 is 0.704 bits per heavy atom. The van der Waals surface area contributed by atoms with Crippen LogP contribution >= 0.6 is 45.2 Å². The number of nitro groups is 1. The summed E-state index contributed by atoms with van der Waals surface area (Å²) in [6.07, 6.45) is 0. The predicted molar refractivity (Wildman–Crippen MR) is 124 cm³/mol. The minimum Gasteiger partial charge on any atom is -0.258 e. The topological polar surface area (TPSA) is 68.9 Å². The van der Waals surface area contributed by atoms with E-state index in [0.717, 1.165) is 39.7 Å². The standard InChI is InChI=1S/C20H9I2N3O2/c21-10-1-4-13-14-5-2-11(22)8-16(14)20-19(15(13)7-10)23-17-6-3-12(25(26)27)9-18(17)24-20/h1-9H. The summed E-state index contributed by atoms with van der Waals surface area (Å²) < 4.78 is 2.23. The van der Waals surface area contributed by atoms with Crippen molar-refractivity contribution in [2.24, 2.45) is 0 Å². The SMILES string of the molecule is O=[N+]([O-])c1ccc2nc3c4cc(I)ccc4c4ccc(I)cc4c3nc2c1. The molecule has 0 spiro atoms. The summed E-state index contributed by atoms with van der Waals surface area (Å²) in [4.78, 5) is 20.4. The molecular formula is C20H9I2N3O2. The molecule has 1 aromatic heterocycles. The van der Waals surface area contributed by atoms with Crippen LogP contribution in [0.25, 0.3) is 43.6 Å². The Morgan fingerprint density at radius 3 is 1.81 bits per heavy atom. The molecule has 0 fully saturated rings. The zero-order chi connectivity index (χ0) is 18.7. The maximum Gasteiger partial charge on any atom is 0.271 e. The summed E-state index contributed by atoms with van der Waals surface area (Å²) >= 11 is 4.58. The molecule has 0 saturated carbocycles. The number of fused-ring (bicyclic) bond motifs is 7. The largest absolute Gasteiger partial charge is 0.271 e. The van der Waals surface area contributed by atoms with E-state index in [0.29, 0.717) is 11.0 Å². The van der Waals surface area contributed by atoms with E-state index < -0.39 is 4.92 Å². The first-order valence-electron chi connectivity index (χ1n) is 8.08. The molecule has 0 N–H and O–H groups in total. The van der Waals surface area contributed by atoms with Crippen molar-refractivity contribution < 1.29 is 4.92 Å². The quantitative estimate of drug-likeness (QED) is 0.0782. The number of hydrogen-bond acceptors (Lipinski definition) is 4. The van der Waals surface area contributed by atoms with Crippen LogP contribution in [0.15, 0.2) is 54.6 Å². The van der Waals surface area contributed by atoms with E-state index in [4.69, 9.17) is 9.97 Å². The number of benzene rings is 4. The lowest BCUT2D eigenvalue weighted by molar-refractivity contribution is -0.384. The first-order valence-corrected chi connectivity index (χ1v) is 10.2. The third kappa shape index (κ3) is 2.71. The Morgan fingerprint density at radius 2 is 1.26 bits per heavy atom. The highest BCUT2D eigenvalue weighted by Gasteiger charge is 2.15. The van der Waals surface area contributed by atoms with Crippen molar-refractivity contribution in [3.8, 4) is 0 Å². The molecular weight excluding hydrogens is 568 g/mol. The number of aromatic nitrogens is 2. The molecule has 5 aromatic rings. The van der Waals surface area contributed by atoms with Gasteiger partial charge >= 0.3 is 0 Å². The zero-order valence-electron chi connectivity index (χ0n) is 13.6. The van der Waals surface area contributed by atoms with E-state index >= 15 is 0 Å². The second kappa shape index (κ2) is 6.20. The summed E-state index contributed by atoms with van der Waals surface area (Å²) in [7, 11) is 0. The first-order chi connectivity index (χ1) is 13.0. The van der Waals surface area contributed by atoms with Crippen LogP contribution in [-0.2, 0) is 0 Å². The van der Waals surface area contributed by atoms with Gasteiger partial charge in [0.25, 0.3) is 5.69 Å². The fourth-order valence-electron chi connectivity index (χ4n) is 3.43. The highest BCUT2D eigenvalue weighted by atomic mass is 127. The van der Waals surface area contributed by atoms with Crippen molar-refractivity contribution in [2.45, 2.75) is 0 Å². The fraction of sp³-hybridized carbons (Fsp3) is 0. The molecule has 0 bridgehead atoms. The fourth-order valence-corrected chi connectivity index (χ4v) is 4.41. The van der Waals surface area contributed by atoms with Gasteiger partial charge in [0.05, 0.1) is 27.0 Å². The van der Waals surface area contributed by atoms with Crippen LogP contribution in [0.4, 0.5) is 5.69 Å². The lowest BCUT2D eigenvalue weighted by atomic mass is 9.99. The number of non-ortho nitro benzene ring substituents is 1. The van der Waals surface area contributed by atoms with Crippen LogP contribution in [-0.4, -0.2) is 14.9 Å². The Hall–Kier alpha value is -2.14. The van der Waals surface area contributed by atoms with E-state index in [1.54, 1.807) is 6.07 Å². The summed E-state index contributed by atoms with van der Waals surface area (Å²) in [6, 6.07) is 17.2. The summed E-state index contributed by atoms with van der Waals surface area (Å²) in [5.41, 5.74) is 2.79. The lowest BCUT2D eigenvalue weighted by Crippen LogP contribution is -1.94. The molecule has 0 amide bonds. The minimum absolute atomic E-state index is 0.0189. The highest BCUT2D eigenvalue weighted by Crippen LogP contribution is 2.36. The van der Waals surface area contributed by atoms with Gasteiger partial charge in [0.15, 0.2) is 0 Å². The number of halogens is 2. The second-order valence-corrected chi connectivity index (χ2v) is 8.72. The Labute approximate surface area is 180 Å². The van der Waals surface area contributed by atoms with Gasteiger partial charge < -0.3 is 0 Å². The van der Waals surface area contributed by atoms with Crippen LogP contribution in [0.1, 0.15) is 0 Å². The monoisotopic (exact) mass is 577 g/mol. The van der Waals surface area contributed by atoms with E-state index in [-0.39, 0.29) is 5.69 Å². The van der Waals surface area contributed by atoms with Crippen molar-refractivity contribution in [3.05, 3.63) is 71.9 Å². The number of nitro benzene ring substituents is 1. The summed E-state index contributed by atoms with van der Waals surface area (Å²) in [5.74, 6) is 0. The molecule has 0 unspecified atom stereocenters. The van der Waals surface area contributed by atoms with Crippen molar-refractivity contribution >= 4 is 94.5 Å². The average Bonchev–Trinajstić information content (AvgIpc) is 2.66. The molecule has 0 saturated heterocycles. The molecule has 7 heteroatoms. The van der Waals surface area contributed by atoms with Crippen molar-refractivity contribution in [3.63, 3.8) is 0 Å². The molecule has 5 rings (SSSR count). The molecule has 4 aromatic carbocycles. The predicted octanol–water partition coefficient (Wildman–Crippen LogP) is 6.21. The maximum atomic E-state index is 11.1. The molecule has 0 aliphatic heterocycles. The van der Waals surface area contributed by atoms with Crippen LogP contribution < -0.4 is 0 Å². The average molecular weight is 577 g/mol. The Balaban J connectivity index is 2.05. The molecule has 130 valence electrons. The first kappa shape index (κ1) is 17.0. The van der Waals surface area contributed by atoms with Gasteiger partial charge in [-0.1, -0.05) is 12.1 Å². The molecule has 0 radical (unpaired) electrons. The van der Waals surface area contributed by atoms with Gasteiger partial charge in [0.1, 0.15) is 0 Å². The highest BCUT2D eigenvalue weighted by molar-refractivity contribution is 14.1. The number of nitrogens with zero attached hydrogens (tertiary/aromatic N) is 3. The third-order valence-corrected chi connectivity index (χ3v) is 5.96. The van der Waals surface area contributed by atoms with E-state index in [1.165, 1.54) is 12.1 Å². The number of hydrogen-bond donors (Lipinski definition) is 0.